The number of para-hydroxylation sites is 2. The van der Waals surface area contributed by atoms with Crippen LogP contribution in [0.25, 0.3) is 0 Å². The van der Waals surface area contributed by atoms with Gasteiger partial charge >= 0.3 is 0 Å². The van der Waals surface area contributed by atoms with Gasteiger partial charge in [0.05, 0.1) is 19.1 Å². The first-order valence-electron chi connectivity index (χ1n) is 10.4. The van der Waals surface area contributed by atoms with E-state index in [0.717, 1.165) is 16.1 Å². The largest absolute Gasteiger partial charge is 0.495 e. The number of nitrogens with zero attached hydrogens (tertiary/aromatic N) is 2. The van der Waals surface area contributed by atoms with E-state index in [1.165, 1.54) is 12.0 Å². The van der Waals surface area contributed by atoms with Crippen LogP contribution in [0.15, 0.2) is 48.5 Å². The standard InChI is InChI=1S/C23H30ClN3O5S/c1-16(2)25-23(29)17(3)26(14-18-10-12-19(24)13-11-18)22(28)15-27(33(5,30)31)20-8-6-7-9-21(20)32-4/h6-13,16-17H,14-15H2,1-5H3,(H,25,29)/t17-/m0/s1. The van der Waals surface area contributed by atoms with Gasteiger partial charge in [-0.1, -0.05) is 35.9 Å². The minimum Gasteiger partial charge on any atom is -0.495 e. The molecule has 0 aliphatic carbocycles. The number of hydrogen-bond acceptors (Lipinski definition) is 5. The summed E-state index contributed by atoms with van der Waals surface area (Å²) in [6, 6.07) is 12.5. The van der Waals surface area contributed by atoms with Crippen LogP contribution in [0.2, 0.25) is 5.02 Å². The molecule has 0 saturated heterocycles. The zero-order valence-electron chi connectivity index (χ0n) is 19.4. The van der Waals surface area contributed by atoms with Gasteiger partial charge in [-0.15, -0.1) is 0 Å². The summed E-state index contributed by atoms with van der Waals surface area (Å²) in [6.07, 6.45) is 1.02. The molecule has 0 aliphatic rings. The summed E-state index contributed by atoms with van der Waals surface area (Å²) in [6.45, 7) is 4.86. The lowest BCUT2D eigenvalue weighted by Gasteiger charge is -2.32. The first-order valence-corrected chi connectivity index (χ1v) is 12.6. The number of carbonyl (C=O) groups excluding carboxylic acids is 2. The monoisotopic (exact) mass is 495 g/mol. The normalized spacial score (nSPS) is 12.2. The van der Waals surface area contributed by atoms with Crippen LogP contribution in [-0.2, 0) is 26.2 Å². The smallest absolute Gasteiger partial charge is 0.244 e. The number of ether oxygens (including phenoxy) is 1. The van der Waals surface area contributed by atoms with Crippen LogP contribution < -0.4 is 14.4 Å². The summed E-state index contributed by atoms with van der Waals surface area (Å²) >= 11 is 5.97. The first-order chi connectivity index (χ1) is 15.4. The highest BCUT2D eigenvalue weighted by molar-refractivity contribution is 7.92. The third-order valence-corrected chi connectivity index (χ3v) is 6.28. The maximum Gasteiger partial charge on any atom is 0.244 e. The quantitative estimate of drug-likeness (QED) is 0.546. The van der Waals surface area contributed by atoms with E-state index in [0.29, 0.717) is 10.8 Å². The molecule has 8 nitrogen and oxygen atoms in total. The zero-order chi connectivity index (χ0) is 24.8. The molecule has 0 heterocycles. The molecular weight excluding hydrogens is 466 g/mol. The van der Waals surface area contributed by atoms with Crippen LogP contribution in [-0.4, -0.2) is 57.1 Å². The lowest BCUT2D eigenvalue weighted by molar-refractivity contribution is -0.139. The topological polar surface area (TPSA) is 96.0 Å². The van der Waals surface area contributed by atoms with Crippen molar-refractivity contribution < 1.29 is 22.7 Å². The maximum atomic E-state index is 13.4. The van der Waals surface area contributed by atoms with Crippen molar-refractivity contribution in [2.45, 2.75) is 39.4 Å². The number of amides is 2. The van der Waals surface area contributed by atoms with Gasteiger partial charge < -0.3 is 15.0 Å². The molecule has 1 atom stereocenters. The van der Waals surface area contributed by atoms with Crippen molar-refractivity contribution in [3.63, 3.8) is 0 Å². The number of benzene rings is 2. The van der Waals surface area contributed by atoms with Crippen LogP contribution in [0.5, 0.6) is 5.75 Å². The van der Waals surface area contributed by atoms with Crippen LogP contribution >= 0.6 is 11.6 Å². The number of carbonyl (C=O) groups is 2. The molecule has 2 rings (SSSR count). The van der Waals surface area contributed by atoms with Gasteiger partial charge in [0.25, 0.3) is 0 Å². The van der Waals surface area contributed by atoms with E-state index in [4.69, 9.17) is 16.3 Å². The molecule has 1 N–H and O–H groups in total. The molecule has 0 aliphatic heterocycles. The second-order valence-corrected chi connectivity index (χ2v) is 10.3. The van der Waals surface area contributed by atoms with Gasteiger partial charge in [-0.05, 0) is 50.6 Å². The van der Waals surface area contributed by atoms with Gasteiger partial charge in [-0.2, -0.15) is 0 Å². The van der Waals surface area contributed by atoms with E-state index < -0.39 is 28.5 Å². The Morgan fingerprint density at radius 2 is 1.67 bits per heavy atom. The second-order valence-electron chi connectivity index (χ2n) is 7.93. The molecule has 0 radical (unpaired) electrons. The van der Waals surface area contributed by atoms with E-state index in [2.05, 4.69) is 5.32 Å². The number of hydrogen-bond donors (Lipinski definition) is 1. The molecule has 0 aromatic heterocycles. The third-order valence-electron chi connectivity index (χ3n) is 4.90. The molecule has 0 saturated carbocycles. The Morgan fingerprint density at radius 1 is 1.06 bits per heavy atom. The maximum absolute atomic E-state index is 13.4. The van der Waals surface area contributed by atoms with Gasteiger partial charge in [0.1, 0.15) is 18.3 Å². The van der Waals surface area contributed by atoms with E-state index in [1.54, 1.807) is 55.5 Å². The Balaban J connectivity index is 2.42. The summed E-state index contributed by atoms with van der Waals surface area (Å²) < 4.78 is 31.5. The van der Waals surface area contributed by atoms with Crippen LogP contribution in [0.1, 0.15) is 26.3 Å². The van der Waals surface area contributed by atoms with Crippen LogP contribution in [0.4, 0.5) is 5.69 Å². The predicted octanol–water partition coefficient (Wildman–Crippen LogP) is 3.06. The summed E-state index contributed by atoms with van der Waals surface area (Å²) in [5.41, 5.74) is 0.988. The molecule has 0 unspecified atom stereocenters. The molecule has 10 heteroatoms. The number of nitrogens with one attached hydrogen (secondary N) is 1. The van der Waals surface area contributed by atoms with Crippen LogP contribution in [0.3, 0.4) is 0 Å². The number of halogens is 1. The minimum absolute atomic E-state index is 0.103. The van der Waals surface area contributed by atoms with Gasteiger partial charge in [-0.3, -0.25) is 13.9 Å². The molecule has 33 heavy (non-hydrogen) atoms. The lowest BCUT2D eigenvalue weighted by Crippen LogP contribution is -2.52. The summed E-state index contributed by atoms with van der Waals surface area (Å²) in [7, 11) is -2.41. The van der Waals surface area contributed by atoms with Crippen molar-refractivity contribution in [2.75, 3.05) is 24.2 Å². The highest BCUT2D eigenvalue weighted by atomic mass is 35.5. The summed E-state index contributed by atoms with van der Waals surface area (Å²) in [5, 5.41) is 3.34. The molecule has 2 aromatic carbocycles. The Hall–Kier alpha value is -2.78. The summed E-state index contributed by atoms with van der Waals surface area (Å²) in [5.74, 6) is -0.561. The van der Waals surface area contributed by atoms with Gasteiger partial charge in [0.15, 0.2) is 0 Å². The third kappa shape index (κ3) is 7.36. The Labute approximate surface area is 200 Å². The van der Waals surface area contributed by atoms with Crippen molar-refractivity contribution in [1.29, 1.82) is 0 Å². The Kier molecular flexibility index (Phi) is 9.13. The van der Waals surface area contributed by atoms with Gasteiger partial charge in [0.2, 0.25) is 21.8 Å². The van der Waals surface area contributed by atoms with Gasteiger partial charge in [-0.25, -0.2) is 8.42 Å². The molecule has 0 fully saturated rings. The minimum atomic E-state index is -3.83. The van der Waals surface area contributed by atoms with Crippen molar-refractivity contribution in [1.82, 2.24) is 10.2 Å². The van der Waals surface area contributed by atoms with Crippen molar-refractivity contribution in [3.05, 3.63) is 59.1 Å². The SMILES string of the molecule is COc1ccccc1N(CC(=O)N(Cc1ccc(Cl)cc1)[C@@H](C)C(=O)NC(C)C)S(C)(=O)=O. The number of anilines is 1. The van der Waals surface area contributed by atoms with Gasteiger partial charge in [0, 0.05) is 17.6 Å². The lowest BCUT2D eigenvalue weighted by atomic mass is 10.1. The predicted molar refractivity (Wildman–Crippen MR) is 130 cm³/mol. The highest BCUT2D eigenvalue weighted by Gasteiger charge is 2.31. The van der Waals surface area contributed by atoms with E-state index >= 15 is 0 Å². The number of sulfonamides is 1. The molecule has 2 aromatic rings. The first kappa shape index (κ1) is 26.5. The van der Waals surface area contributed by atoms with Crippen molar-refractivity contribution >= 4 is 39.1 Å². The molecular formula is C23H30ClN3O5S. The highest BCUT2D eigenvalue weighted by Crippen LogP contribution is 2.29. The fourth-order valence-electron chi connectivity index (χ4n) is 3.20. The number of methoxy groups -OCH3 is 1. The summed E-state index contributed by atoms with van der Waals surface area (Å²) in [4.78, 5) is 27.5. The Bertz CT molecular complexity index is 1070. The molecule has 0 bridgehead atoms. The fraction of sp³-hybridized carbons (Fsp3) is 0.391. The van der Waals surface area contributed by atoms with Crippen LogP contribution in [0, 0.1) is 0 Å². The van der Waals surface area contributed by atoms with E-state index in [9.17, 15) is 18.0 Å². The van der Waals surface area contributed by atoms with Crippen molar-refractivity contribution in [3.8, 4) is 5.75 Å². The molecule has 180 valence electrons. The average Bonchev–Trinajstić information content (AvgIpc) is 2.75. The van der Waals surface area contributed by atoms with E-state index in [1.807, 2.05) is 13.8 Å². The van der Waals surface area contributed by atoms with Crippen molar-refractivity contribution in [2.24, 2.45) is 0 Å². The number of rotatable bonds is 10. The average molecular weight is 496 g/mol. The zero-order valence-corrected chi connectivity index (χ0v) is 21.0. The molecule has 0 spiro atoms. The second kappa shape index (κ2) is 11.4. The fourth-order valence-corrected chi connectivity index (χ4v) is 4.18. The Morgan fingerprint density at radius 3 is 2.21 bits per heavy atom. The van der Waals surface area contributed by atoms with E-state index in [-0.39, 0.29) is 24.2 Å². The molecule has 2 amide bonds.